The Morgan fingerprint density at radius 1 is 1.35 bits per heavy atom. The molecule has 1 aliphatic rings. The molecule has 0 aliphatic heterocycles. The number of carboxylic acids is 1. The standard InChI is InChI=1S/C14H17NO4S/c1-2-19-10-3-5-11(6-4-10)20-9-12(16)15-14(7-8-14)13(17)18/h3-6H,2,7-9H2,1H3,(H,15,16)(H,17,18). The van der Waals surface area contributed by atoms with E-state index in [2.05, 4.69) is 5.32 Å². The first-order valence-corrected chi connectivity index (χ1v) is 7.44. The molecule has 6 heteroatoms. The maximum absolute atomic E-state index is 11.7. The molecule has 0 atom stereocenters. The first-order valence-electron chi connectivity index (χ1n) is 6.46. The van der Waals surface area contributed by atoms with E-state index in [1.807, 2.05) is 31.2 Å². The smallest absolute Gasteiger partial charge is 0.329 e. The predicted molar refractivity (Wildman–Crippen MR) is 76.1 cm³/mol. The van der Waals surface area contributed by atoms with Gasteiger partial charge < -0.3 is 15.2 Å². The normalized spacial score (nSPS) is 15.4. The third kappa shape index (κ3) is 3.66. The average Bonchev–Trinajstić information content (AvgIpc) is 3.19. The van der Waals surface area contributed by atoms with Crippen molar-refractivity contribution in [1.29, 1.82) is 0 Å². The number of amides is 1. The Balaban J connectivity index is 1.80. The van der Waals surface area contributed by atoms with Gasteiger partial charge in [-0.1, -0.05) is 0 Å². The Kier molecular flexibility index (Phi) is 4.54. The molecule has 1 aromatic carbocycles. The molecule has 1 fully saturated rings. The Morgan fingerprint density at radius 3 is 2.50 bits per heavy atom. The minimum Gasteiger partial charge on any atom is -0.494 e. The second kappa shape index (κ2) is 6.17. The summed E-state index contributed by atoms with van der Waals surface area (Å²) in [5.74, 6) is -0.187. The van der Waals surface area contributed by atoms with Crippen LogP contribution in [0.3, 0.4) is 0 Å². The van der Waals surface area contributed by atoms with Crippen molar-refractivity contribution in [2.45, 2.75) is 30.2 Å². The lowest BCUT2D eigenvalue weighted by atomic mass is 10.3. The number of hydrogen-bond acceptors (Lipinski definition) is 4. The Hall–Kier alpha value is -1.69. The molecular weight excluding hydrogens is 278 g/mol. The molecule has 108 valence electrons. The molecule has 0 radical (unpaired) electrons. The van der Waals surface area contributed by atoms with Gasteiger partial charge in [0.1, 0.15) is 11.3 Å². The molecule has 0 unspecified atom stereocenters. The molecule has 0 aromatic heterocycles. The van der Waals surface area contributed by atoms with Crippen molar-refractivity contribution in [1.82, 2.24) is 5.32 Å². The number of rotatable bonds is 7. The molecule has 20 heavy (non-hydrogen) atoms. The van der Waals surface area contributed by atoms with Crippen LogP contribution in [0.25, 0.3) is 0 Å². The van der Waals surface area contributed by atoms with Crippen LogP contribution in [0.4, 0.5) is 0 Å². The van der Waals surface area contributed by atoms with Crippen molar-refractivity contribution in [2.75, 3.05) is 12.4 Å². The van der Waals surface area contributed by atoms with E-state index >= 15 is 0 Å². The lowest BCUT2D eigenvalue weighted by Crippen LogP contribution is -2.43. The van der Waals surface area contributed by atoms with Crippen molar-refractivity contribution >= 4 is 23.6 Å². The zero-order chi connectivity index (χ0) is 14.6. The molecule has 1 amide bonds. The van der Waals surface area contributed by atoms with Gasteiger partial charge in [-0.3, -0.25) is 4.79 Å². The first kappa shape index (κ1) is 14.7. The molecule has 1 saturated carbocycles. The van der Waals surface area contributed by atoms with E-state index in [9.17, 15) is 9.59 Å². The first-order chi connectivity index (χ1) is 9.55. The van der Waals surface area contributed by atoms with E-state index in [-0.39, 0.29) is 11.7 Å². The van der Waals surface area contributed by atoms with Crippen LogP contribution in [0.2, 0.25) is 0 Å². The van der Waals surface area contributed by atoms with Gasteiger partial charge in [-0.25, -0.2) is 4.79 Å². The van der Waals surface area contributed by atoms with Crippen LogP contribution in [-0.2, 0) is 9.59 Å². The molecule has 1 aliphatic carbocycles. The van der Waals surface area contributed by atoms with E-state index in [1.54, 1.807) is 0 Å². The number of nitrogens with one attached hydrogen (secondary N) is 1. The van der Waals surface area contributed by atoms with Gasteiger partial charge in [0.2, 0.25) is 5.91 Å². The van der Waals surface area contributed by atoms with Crippen molar-refractivity contribution in [3.8, 4) is 5.75 Å². The van der Waals surface area contributed by atoms with Gasteiger partial charge in [0.05, 0.1) is 12.4 Å². The largest absolute Gasteiger partial charge is 0.494 e. The number of benzene rings is 1. The Morgan fingerprint density at radius 2 is 2.00 bits per heavy atom. The minimum absolute atomic E-state index is 0.211. The van der Waals surface area contributed by atoms with Gasteiger partial charge in [-0.05, 0) is 44.0 Å². The highest BCUT2D eigenvalue weighted by molar-refractivity contribution is 8.00. The molecule has 0 saturated heterocycles. The second-order valence-corrected chi connectivity index (χ2v) is 5.68. The van der Waals surface area contributed by atoms with Crippen LogP contribution in [0.15, 0.2) is 29.2 Å². The van der Waals surface area contributed by atoms with Crippen molar-refractivity contribution < 1.29 is 19.4 Å². The lowest BCUT2D eigenvalue weighted by molar-refractivity contribution is -0.142. The number of thioether (sulfide) groups is 1. The van der Waals surface area contributed by atoms with E-state index in [0.717, 1.165) is 10.6 Å². The summed E-state index contributed by atoms with van der Waals surface area (Å²) in [7, 11) is 0. The number of aliphatic carboxylic acids is 1. The highest BCUT2D eigenvalue weighted by Crippen LogP contribution is 2.35. The summed E-state index contributed by atoms with van der Waals surface area (Å²) >= 11 is 1.37. The van der Waals surface area contributed by atoms with Crippen LogP contribution >= 0.6 is 11.8 Å². The monoisotopic (exact) mass is 295 g/mol. The van der Waals surface area contributed by atoms with E-state index < -0.39 is 11.5 Å². The summed E-state index contributed by atoms with van der Waals surface area (Å²) in [6.07, 6.45) is 1.03. The van der Waals surface area contributed by atoms with Crippen LogP contribution in [0, 0.1) is 0 Å². The number of carbonyl (C=O) groups excluding carboxylic acids is 1. The van der Waals surface area contributed by atoms with Crippen molar-refractivity contribution in [3.63, 3.8) is 0 Å². The van der Waals surface area contributed by atoms with Crippen LogP contribution in [0.1, 0.15) is 19.8 Å². The minimum atomic E-state index is -1.00. The topological polar surface area (TPSA) is 75.6 Å². The Labute approximate surface area is 121 Å². The SMILES string of the molecule is CCOc1ccc(SCC(=O)NC2(C(=O)O)CC2)cc1. The maximum Gasteiger partial charge on any atom is 0.329 e. The molecule has 1 aromatic rings. The van der Waals surface area contributed by atoms with Crippen LogP contribution < -0.4 is 10.1 Å². The van der Waals surface area contributed by atoms with Gasteiger partial charge in [-0.2, -0.15) is 0 Å². The summed E-state index contributed by atoms with van der Waals surface area (Å²) in [5.41, 5.74) is -1.00. The summed E-state index contributed by atoms with van der Waals surface area (Å²) in [6.45, 7) is 2.54. The van der Waals surface area contributed by atoms with E-state index in [1.165, 1.54) is 11.8 Å². The summed E-state index contributed by atoms with van der Waals surface area (Å²) < 4.78 is 5.33. The summed E-state index contributed by atoms with van der Waals surface area (Å²) in [5, 5.41) is 11.6. The fourth-order valence-corrected chi connectivity index (χ4v) is 2.47. The van der Waals surface area contributed by atoms with Crippen molar-refractivity contribution in [2.24, 2.45) is 0 Å². The molecule has 2 rings (SSSR count). The van der Waals surface area contributed by atoms with Gasteiger partial charge in [0.15, 0.2) is 0 Å². The average molecular weight is 295 g/mol. The highest BCUT2D eigenvalue weighted by Gasteiger charge is 2.51. The maximum atomic E-state index is 11.7. The number of hydrogen-bond donors (Lipinski definition) is 2. The fraction of sp³-hybridized carbons (Fsp3) is 0.429. The van der Waals surface area contributed by atoms with Gasteiger partial charge in [0, 0.05) is 4.90 Å². The fourth-order valence-electron chi connectivity index (χ4n) is 1.77. The van der Waals surface area contributed by atoms with E-state index in [4.69, 9.17) is 9.84 Å². The molecule has 0 spiro atoms. The highest BCUT2D eigenvalue weighted by atomic mass is 32.2. The molecule has 0 heterocycles. The lowest BCUT2D eigenvalue weighted by Gasteiger charge is -2.12. The van der Waals surface area contributed by atoms with E-state index in [0.29, 0.717) is 19.4 Å². The zero-order valence-electron chi connectivity index (χ0n) is 11.2. The number of ether oxygens (including phenoxy) is 1. The number of carboxylic acid groups (broad SMARTS) is 1. The molecule has 2 N–H and O–H groups in total. The van der Waals surface area contributed by atoms with Crippen LogP contribution in [-0.4, -0.2) is 34.9 Å². The predicted octanol–water partition coefficient (Wildman–Crippen LogP) is 1.91. The van der Waals surface area contributed by atoms with Gasteiger partial charge >= 0.3 is 5.97 Å². The summed E-state index contributed by atoms with van der Waals surface area (Å²) in [6, 6.07) is 7.47. The molecular formula is C14H17NO4S. The van der Waals surface area contributed by atoms with Crippen molar-refractivity contribution in [3.05, 3.63) is 24.3 Å². The molecule has 0 bridgehead atoms. The van der Waals surface area contributed by atoms with Gasteiger partial charge in [-0.15, -0.1) is 11.8 Å². The molecule has 5 nitrogen and oxygen atoms in total. The number of carbonyl (C=O) groups is 2. The third-order valence-corrected chi connectivity index (χ3v) is 4.05. The summed E-state index contributed by atoms with van der Waals surface area (Å²) in [4.78, 5) is 23.6. The zero-order valence-corrected chi connectivity index (χ0v) is 12.0. The van der Waals surface area contributed by atoms with Crippen LogP contribution in [0.5, 0.6) is 5.75 Å². The third-order valence-electron chi connectivity index (χ3n) is 3.04. The quantitative estimate of drug-likeness (QED) is 0.752. The van der Waals surface area contributed by atoms with Gasteiger partial charge in [0.25, 0.3) is 0 Å². The Bertz CT molecular complexity index is 496. The second-order valence-electron chi connectivity index (χ2n) is 4.63.